The molecule has 5 rings (SSSR count). The van der Waals surface area contributed by atoms with E-state index in [1.54, 1.807) is 48.5 Å². The van der Waals surface area contributed by atoms with E-state index in [-0.39, 0.29) is 70.0 Å². The highest BCUT2D eigenvalue weighted by molar-refractivity contribution is 5.94. The maximum Gasteiger partial charge on any atom is 0.407 e. The van der Waals surface area contributed by atoms with Crippen LogP contribution in [0.2, 0.25) is 0 Å². The number of alkyl carbamates (subject to hydrolysis) is 1. The van der Waals surface area contributed by atoms with Gasteiger partial charge < -0.3 is 54.7 Å². The third-order valence-electron chi connectivity index (χ3n) is 12.2. The standard InChI is InChI=1S/C50H70N6O13/c1-36-6-2-3-8-40-41(17-12-36)42(40)35-69-50(64)52-19-27-66-31-30-65-26-18-51-47(59)38-15-13-37(14-16-38)46(43-9-5-11-45(54-43)49(62)63)56(21-25-58)23-29-68-33-32-67-28-22-55(20-24-57)34-39-7-4-10-44(53-39)48(60)61/h2,4-7,9-11,13-16,36,40-42,46,57-58H,3,8,12,17-35H2,1H3,(H,51,59)(H,52,64)(H,60,61)(H,62,63)/b6-2-/t36?,40-,41+,42-,46?/m1/s1. The molecule has 0 bridgehead atoms. The van der Waals surface area contributed by atoms with E-state index >= 15 is 0 Å². The van der Waals surface area contributed by atoms with Gasteiger partial charge in [0.2, 0.25) is 0 Å². The molecule has 0 radical (unpaired) electrons. The van der Waals surface area contributed by atoms with Crippen LogP contribution >= 0.6 is 0 Å². The number of carbonyl (C=O) groups excluding carboxylic acids is 2. The van der Waals surface area contributed by atoms with Crippen LogP contribution in [-0.2, 0) is 30.2 Å². The largest absolute Gasteiger partial charge is 0.477 e. The minimum absolute atomic E-state index is 0.0495. The van der Waals surface area contributed by atoms with E-state index in [0.29, 0.717) is 106 Å². The van der Waals surface area contributed by atoms with Crippen LogP contribution in [0.5, 0.6) is 0 Å². The Bertz CT molecular complexity index is 2060. The predicted octanol–water partition coefficient (Wildman–Crippen LogP) is 3.90. The molecule has 378 valence electrons. The van der Waals surface area contributed by atoms with Crippen LogP contribution in [0.4, 0.5) is 4.79 Å². The number of fused-ring (bicyclic) bond motifs is 1. The molecule has 2 aliphatic carbocycles. The molecule has 2 aliphatic rings. The van der Waals surface area contributed by atoms with Crippen molar-refractivity contribution in [1.82, 2.24) is 30.4 Å². The van der Waals surface area contributed by atoms with Crippen LogP contribution in [-0.4, -0.2) is 176 Å². The number of carbonyl (C=O) groups is 4. The lowest BCUT2D eigenvalue weighted by molar-refractivity contribution is 0.0245. The van der Waals surface area contributed by atoms with Crippen molar-refractivity contribution in [3.63, 3.8) is 0 Å². The molecule has 1 fully saturated rings. The first-order chi connectivity index (χ1) is 33.6. The number of amides is 2. The van der Waals surface area contributed by atoms with E-state index in [1.807, 2.05) is 9.80 Å². The van der Waals surface area contributed by atoms with E-state index in [9.17, 15) is 39.6 Å². The molecule has 2 heterocycles. The molecule has 1 aromatic carbocycles. The van der Waals surface area contributed by atoms with Gasteiger partial charge in [-0.2, -0.15) is 0 Å². The highest BCUT2D eigenvalue weighted by atomic mass is 16.6. The summed E-state index contributed by atoms with van der Waals surface area (Å²) in [5, 5.41) is 44.1. The molecule has 1 saturated carbocycles. The van der Waals surface area contributed by atoms with Crippen molar-refractivity contribution in [1.29, 1.82) is 0 Å². The van der Waals surface area contributed by atoms with Crippen molar-refractivity contribution < 1.29 is 63.3 Å². The lowest BCUT2D eigenvalue weighted by atomic mass is 9.99. The zero-order valence-electron chi connectivity index (χ0n) is 39.6. The molecule has 2 aromatic heterocycles. The topological polar surface area (TPSA) is 252 Å². The molecule has 5 atom stereocenters. The van der Waals surface area contributed by atoms with Gasteiger partial charge in [0.25, 0.3) is 5.91 Å². The number of carboxylic acids is 2. The van der Waals surface area contributed by atoms with E-state index in [0.717, 1.165) is 18.4 Å². The van der Waals surface area contributed by atoms with Gasteiger partial charge in [0.1, 0.15) is 11.4 Å². The summed E-state index contributed by atoms with van der Waals surface area (Å²) in [5.74, 6) is -0.207. The summed E-state index contributed by atoms with van der Waals surface area (Å²) in [5.41, 5.74) is 1.95. The van der Waals surface area contributed by atoms with Crippen molar-refractivity contribution in [2.45, 2.75) is 45.2 Å². The fraction of sp³-hybridized carbons (Fsp3) is 0.560. The number of nitrogens with zero attached hydrogens (tertiary/aromatic N) is 4. The molecular weight excluding hydrogens is 893 g/mol. The maximum atomic E-state index is 13.0. The average Bonchev–Trinajstić information content (AvgIpc) is 4.01. The average molecular weight is 963 g/mol. The number of rotatable bonds is 32. The van der Waals surface area contributed by atoms with E-state index in [4.69, 9.17) is 23.7 Å². The number of aliphatic hydroxyl groups excluding tert-OH is 2. The van der Waals surface area contributed by atoms with Crippen LogP contribution in [0.3, 0.4) is 0 Å². The molecule has 3 aromatic rings. The number of allylic oxidation sites excluding steroid dienone is 2. The molecular formula is C50H70N6O13. The van der Waals surface area contributed by atoms with Crippen LogP contribution in [0, 0.1) is 23.7 Å². The van der Waals surface area contributed by atoms with Crippen LogP contribution < -0.4 is 10.6 Å². The Morgan fingerprint density at radius 2 is 1.32 bits per heavy atom. The number of hydrogen-bond acceptors (Lipinski definition) is 15. The number of aromatic nitrogens is 2. The molecule has 69 heavy (non-hydrogen) atoms. The molecule has 2 unspecified atom stereocenters. The van der Waals surface area contributed by atoms with E-state index in [1.165, 1.54) is 25.0 Å². The predicted molar refractivity (Wildman–Crippen MR) is 254 cm³/mol. The Morgan fingerprint density at radius 1 is 0.696 bits per heavy atom. The summed E-state index contributed by atoms with van der Waals surface area (Å²) in [6.07, 6.45) is 8.82. The zero-order chi connectivity index (χ0) is 49.2. The van der Waals surface area contributed by atoms with Crippen molar-refractivity contribution in [3.05, 3.63) is 107 Å². The van der Waals surface area contributed by atoms with Crippen LogP contribution in [0.15, 0.2) is 72.8 Å². The minimum atomic E-state index is -1.18. The Kier molecular flexibility index (Phi) is 23.9. The Morgan fingerprint density at radius 3 is 2.00 bits per heavy atom. The third-order valence-corrected chi connectivity index (χ3v) is 12.2. The Hall–Kier alpha value is -5.38. The zero-order valence-corrected chi connectivity index (χ0v) is 39.6. The SMILES string of the molecule is CC1/C=C\CC[C@@H]2[C@H](CC1)[C@@H]2COC(=O)NCCOCCOCCNC(=O)c1ccc(C(c2cccc(C(=O)O)n2)N(CCO)CCOCCOCCN(CCO)Cc2cccc(C(=O)O)n2)cc1. The first-order valence-electron chi connectivity index (χ1n) is 23.9. The number of hydrogen-bond donors (Lipinski definition) is 6. The summed E-state index contributed by atoms with van der Waals surface area (Å²) in [6.45, 7) is 7.14. The molecule has 19 heteroatoms. The number of aromatic carboxylic acids is 2. The number of benzene rings is 1. The normalized spacial score (nSPS) is 18.6. The lowest BCUT2D eigenvalue weighted by Gasteiger charge is -2.31. The molecule has 19 nitrogen and oxygen atoms in total. The quantitative estimate of drug-likeness (QED) is 0.0383. The van der Waals surface area contributed by atoms with Gasteiger partial charge in [-0.25, -0.2) is 24.4 Å². The number of ether oxygens (including phenoxy) is 5. The van der Waals surface area contributed by atoms with Gasteiger partial charge >= 0.3 is 18.0 Å². The minimum Gasteiger partial charge on any atom is -0.477 e. The smallest absolute Gasteiger partial charge is 0.407 e. The monoisotopic (exact) mass is 963 g/mol. The van der Waals surface area contributed by atoms with Gasteiger partial charge in [-0.3, -0.25) is 14.6 Å². The second kappa shape index (κ2) is 30.3. The van der Waals surface area contributed by atoms with Crippen molar-refractivity contribution in [2.75, 3.05) is 112 Å². The fourth-order valence-electron chi connectivity index (χ4n) is 8.54. The second-order valence-electron chi connectivity index (χ2n) is 17.1. The van der Waals surface area contributed by atoms with E-state index < -0.39 is 24.1 Å². The number of aliphatic hydroxyl groups is 2. The van der Waals surface area contributed by atoms with Crippen molar-refractivity contribution >= 4 is 23.9 Å². The first kappa shape index (κ1) is 54.6. The Balaban J connectivity index is 0.989. The summed E-state index contributed by atoms with van der Waals surface area (Å²) >= 11 is 0. The molecule has 0 aliphatic heterocycles. The first-order valence-corrected chi connectivity index (χ1v) is 23.9. The van der Waals surface area contributed by atoms with Gasteiger partial charge in [0.15, 0.2) is 0 Å². The van der Waals surface area contributed by atoms with Crippen molar-refractivity contribution in [2.24, 2.45) is 23.7 Å². The number of nitrogens with one attached hydrogen (secondary N) is 2. The Labute approximate surface area is 404 Å². The number of pyridine rings is 2. The van der Waals surface area contributed by atoms with Gasteiger partial charge in [0.05, 0.1) is 90.1 Å². The summed E-state index contributed by atoms with van der Waals surface area (Å²) in [4.78, 5) is 60.8. The summed E-state index contributed by atoms with van der Waals surface area (Å²) in [6, 6.07) is 15.8. The highest BCUT2D eigenvalue weighted by Gasteiger charge is 2.49. The fourth-order valence-corrected chi connectivity index (χ4v) is 8.54. The highest BCUT2D eigenvalue weighted by Crippen LogP contribution is 2.53. The van der Waals surface area contributed by atoms with E-state index in [2.05, 4.69) is 39.7 Å². The van der Waals surface area contributed by atoms with Gasteiger partial charge in [0, 0.05) is 51.4 Å². The third kappa shape index (κ3) is 19.1. The van der Waals surface area contributed by atoms with Crippen LogP contribution in [0.1, 0.15) is 86.9 Å². The number of carboxylic acid groups (broad SMARTS) is 2. The molecule has 0 saturated heterocycles. The summed E-state index contributed by atoms with van der Waals surface area (Å²) in [7, 11) is 0. The molecule has 6 N–H and O–H groups in total. The van der Waals surface area contributed by atoms with Crippen molar-refractivity contribution in [3.8, 4) is 0 Å². The van der Waals surface area contributed by atoms with Gasteiger partial charge in [-0.05, 0) is 91.3 Å². The van der Waals surface area contributed by atoms with Gasteiger partial charge in [-0.15, -0.1) is 0 Å². The second-order valence-corrected chi connectivity index (χ2v) is 17.1. The van der Waals surface area contributed by atoms with Crippen LogP contribution in [0.25, 0.3) is 0 Å². The molecule has 0 spiro atoms. The lowest BCUT2D eigenvalue weighted by Crippen LogP contribution is -2.36. The van der Waals surface area contributed by atoms with Gasteiger partial charge in [-0.1, -0.05) is 43.3 Å². The maximum absolute atomic E-state index is 13.0. The summed E-state index contributed by atoms with van der Waals surface area (Å²) < 4.78 is 28.3. The molecule has 2 amide bonds.